The van der Waals surface area contributed by atoms with Crippen molar-refractivity contribution < 1.29 is 4.39 Å². The molecule has 0 bridgehead atoms. The predicted octanol–water partition coefficient (Wildman–Crippen LogP) is 9.53. The molecule has 4 rings (SSSR count). The highest BCUT2D eigenvalue weighted by Crippen LogP contribution is 2.42. The molecule has 0 aliphatic heterocycles. The quantitative estimate of drug-likeness (QED) is 0.354. The number of benzene rings is 1. The van der Waals surface area contributed by atoms with Gasteiger partial charge in [0.2, 0.25) is 0 Å². The number of allylic oxidation sites excluding steroid dienone is 2. The van der Waals surface area contributed by atoms with Crippen LogP contribution < -0.4 is 0 Å². The minimum atomic E-state index is -0.121. The second kappa shape index (κ2) is 12.4. The third-order valence-electron chi connectivity index (χ3n) is 9.37. The summed E-state index contributed by atoms with van der Waals surface area (Å²) in [4.78, 5) is 0. The van der Waals surface area contributed by atoms with Gasteiger partial charge in [-0.1, -0.05) is 56.9 Å². The van der Waals surface area contributed by atoms with Crippen LogP contribution in [0.2, 0.25) is 0 Å². The van der Waals surface area contributed by atoms with Crippen LogP contribution in [0.4, 0.5) is 4.39 Å². The largest absolute Gasteiger partial charge is 0.207 e. The molecule has 3 fully saturated rings. The Balaban J connectivity index is 1.10. The molecule has 0 N–H and O–H groups in total. The summed E-state index contributed by atoms with van der Waals surface area (Å²) in [6, 6.07) is 7.11. The van der Waals surface area contributed by atoms with E-state index in [-0.39, 0.29) is 5.82 Å². The maximum absolute atomic E-state index is 13.1. The minimum absolute atomic E-state index is 0.121. The van der Waals surface area contributed by atoms with Crippen LogP contribution in [0, 0.1) is 41.3 Å². The van der Waals surface area contributed by atoms with Gasteiger partial charge in [-0.25, -0.2) is 4.39 Å². The number of halogens is 1. The first kappa shape index (κ1) is 24.0. The molecule has 1 aromatic carbocycles. The van der Waals surface area contributed by atoms with Crippen LogP contribution >= 0.6 is 0 Å². The molecule has 0 aromatic heterocycles. The van der Waals surface area contributed by atoms with E-state index in [9.17, 15) is 4.39 Å². The number of rotatable bonds is 8. The second-order valence-corrected chi connectivity index (χ2v) is 11.6. The number of aryl methyl sites for hydroxylation is 1. The molecule has 0 radical (unpaired) electrons. The van der Waals surface area contributed by atoms with E-state index >= 15 is 0 Å². The van der Waals surface area contributed by atoms with Crippen molar-refractivity contribution in [3.05, 3.63) is 47.8 Å². The highest BCUT2D eigenvalue weighted by Gasteiger charge is 2.30. The fourth-order valence-corrected chi connectivity index (χ4v) is 7.17. The van der Waals surface area contributed by atoms with Gasteiger partial charge in [0, 0.05) is 0 Å². The van der Waals surface area contributed by atoms with Gasteiger partial charge < -0.3 is 0 Å². The fraction of sp³-hybridized carbons (Fsp3) is 0.742. The summed E-state index contributed by atoms with van der Waals surface area (Å²) in [5, 5.41) is 0. The lowest BCUT2D eigenvalue weighted by Crippen LogP contribution is -2.25. The molecule has 3 aliphatic carbocycles. The fourth-order valence-electron chi connectivity index (χ4n) is 7.17. The van der Waals surface area contributed by atoms with Gasteiger partial charge in [0.05, 0.1) is 0 Å². The Morgan fingerprint density at radius 2 is 1.12 bits per heavy atom. The van der Waals surface area contributed by atoms with Crippen LogP contribution in [-0.4, -0.2) is 0 Å². The van der Waals surface area contributed by atoms with Gasteiger partial charge in [0.15, 0.2) is 0 Å². The Bertz CT molecular complexity index is 665. The smallest absolute Gasteiger partial charge is 0.123 e. The third-order valence-corrected chi connectivity index (χ3v) is 9.37. The van der Waals surface area contributed by atoms with Gasteiger partial charge >= 0.3 is 0 Å². The topological polar surface area (TPSA) is 0 Å². The van der Waals surface area contributed by atoms with Crippen LogP contribution in [0.3, 0.4) is 0 Å². The molecule has 0 unspecified atom stereocenters. The van der Waals surface area contributed by atoms with E-state index in [1.165, 1.54) is 102 Å². The summed E-state index contributed by atoms with van der Waals surface area (Å²) in [5.74, 6) is 5.57. The summed E-state index contributed by atoms with van der Waals surface area (Å²) in [5.41, 5.74) is 1.29. The molecule has 0 amide bonds. The van der Waals surface area contributed by atoms with Gasteiger partial charge in [-0.15, -0.1) is 0 Å². The summed E-state index contributed by atoms with van der Waals surface area (Å²) >= 11 is 0. The Morgan fingerprint density at radius 1 is 0.656 bits per heavy atom. The van der Waals surface area contributed by atoms with Crippen LogP contribution in [0.1, 0.15) is 109 Å². The first-order chi connectivity index (χ1) is 15.7. The van der Waals surface area contributed by atoms with Gasteiger partial charge in [0.1, 0.15) is 5.82 Å². The highest BCUT2D eigenvalue weighted by molar-refractivity contribution is 5.16. The van der Waals surface area contributed by atoms with E-state index < -0.39 is 0 Å². The Hall–Kier alpha value is -1.11. The molecule has 0 saturated heterocycles. The first-order valence-corrected chi connectivity index (χ1v) is 14.1. The second-order valence-electron chi connectivity index (χ2n) is 11.6. The third kappa shape index (κ3) is 7.19. The van der Waals surface area contributed by atoms with Crippen molar-refractivity contribution in [3.8, 4) is 0 Å². The molecule has 178 valence electrons. The zero-order valence-electron chi connectivity index (χ0n) is 20.6. The summed E-state index contributed by atoms with van der Waals surface area (Å²) < 4.78 is 13.1. The standard InChI is InChI=1S/C31H47F/c1-2-3-24-12-18-29(19-13-24)30-20-14-27(15-21-30)10-8-25-4-6-26(7-5-25)9-11-28-16-22-31(32)23-17-28/h8,10,16-17,22-27,29-30H,2-7,9,11-15,18-21H2,1H3/b10-8+. The van der Waals surface area contributed by atoms with Crippen molar-refractivity contribution in [3.63, 3.8) is 0 Å². The molecule has 1 heteroatoms. The van der Waals surface area contributed by atoms with Gasteiger partial charge in [-0.2, -0.15) is 0 Å². The molecular weight excluding hydrogens is 391 g/mol. The van der Waals surface area contributed by atoms with Crippen LogP contribution in [0.5, 0.6) is 0 Å². The monoisotopic (exact) mass is 438 g/mol. The van der Waals surface area contributed by atoms with E-state index in [4.69, 9.17) is 0 Å². The normalized spacial score (nSPS) is 34.1. The lowest BCUT2D eigenvalue weighted by atomic mass is 9.68. The zero-order chi connectivity index (χ0) is 22.2. The maximum atomic E-state index is 13.1. The lowest BCUT2D eigenvalue weighted by Gasteiger charge is -2.37. The van der Waals surface area contributed by atoms with E-state index in [2.05, 4.69) is 19.1 Å². The molecule has 3 saturated carbocycles. The van der Waals surface area contributed by atoms with Crippen LogP contribution in [-0.2, 0) is 6.42 Å². The Labute approximate surface area is 197 Å². The zero-order valence-corrected chi connectivity index (χ0v) is 20.6. The SMILES string of the molecule is CCCC1CCC(C2CCC(/C=C/C3CCC(CCc4ccc(F)cc4)CC3)CC2)CC1. The van der Waals surface area contributed by atoms with Crippen LogP contribution in [0.25, 0.3) is 0 Å². The molecular formula is C31H47F. The van der Waals surface area contributed by atoms with E-state index in [1.54, 1.807) is 12.1 Å². The first-order valence-electron chi connectivity index (χ1n) is 14.1. The molecule has 0 nitrogen and oxygen atoms in total. The minimum Gasteiger partial charge on any atom is -0.207 e. The molecule has 1 aromatic rings. The predicted molar refractivity (Wildman–Crippen MR) is 135 cm³/mol. The highest BCUT2D eigenvalue weighted by atomic mass is 19.1. The van der Waals surface area contributed by atoms with Gasteiger partial charge in [-0.3, -0.25) is 0 Å². The number of hydrogen-bond donors (Lipinski definition) is 0. The average molecular weight is 439 g/mol. The van der Waals surface area contributed by atoms with Gasteiger partial charge in [-0.05, 0) is 130 Å². The van der Waals surface area contributed by atoms with E-state index in [0.29, 0.717) is 0 Å². The van der Waals surface area contributed by atoms with Crippen molar-refractivity contribution in [2.24, 2.45) is 35.5 Å². The number of hydrogen-bond acceptors (Lipinski definition) is 0. The van der Waals surface area contributed by atoms with Gasteiger partial charge in [0.25, 0.3) is 0 Å². The Kier molecular flexibility index (Phi) is 9.30. The average Bonchev–Trinajstić information content (AvgIpc) is 2.84. The van der Waals surface area contributed by atoms with Crippen molar-refractivity contribution in [1.29, 1.82) is 0 Å². The molecule has 0 spiro atoms. The summed E-state index contributed by atoms with van der Waals surface area (Å²) in [6.45, 7) is 2.35. The summed E-state index contributed by atoms with van der Waals surface area (Å²) in [6.07, 6.45) is 27.9. The maximum Gasteiger partial charge on any atom is 0.123 e. The van der Waals surface area contributed by atoms with Crippen molar-refractivity contribution in [1.82, 2.24) is 0 Å². The Morgan fingerprint density at radius 3 is 1.69 bits per heavy atom. The van der Waals surface area contributed by atoms with Crippen LogP contribution in [0.15, 0.2) is 36.4 Å². The van der Waals surface area contributed by atoms with E-state index in [0.717, 1.165) is 41.9 Å². The molecule has 32 heavy (non-hydrogen) atoms. The van der Waals surface area contributed by atoms with Crippen molar-refractivity contribution >= 4 is 0 Å². The summed E-state index contributed by atoms with van der Waals surface area (Å²) in [7, 11) is 0. The molecule has 3 aliphatic rings. The van der Waals surface area contributed by atoms with E-state index in [1.807, 2.05) is 12.1 Å². The molecule has 0 heterocycles. The van der Waals surface area contributed by atoms with Crippen molar-refractivity contribution in [2.45, 2.75) is 110 Å². The lowest BCUT2D eigenvalue weighted by molar-refractivity contribution is 0.152. The van der Waals surface area contributed by atoms with Crippen molar-refractivity contribution in [2.75, 3.05) is 0 Å². The molecule has 0 atom stereocenters.